The molecule has 1 aliphatic carbocycles. The van der Waals surface area contributed by atoms with E-state index in [0.717, 1.165) is 28.2 Å². The molecular weight excluding hydrogens is 312 g/mol. The van der Waals surface area contributed by atoms with Crippen LogP contribution in [0.15, 0.2) is 22.7 Å². The van der Waals surface area contributed by atoms with E-state index in [1.54, 1.807) is 0 Å². The van der Waals surface area contributed by atoms with Crippen LogP contribution in [0.25, 0.3) is 0 Å². The standard InChI is InChI=1S/C17H23BrN2/c1-13(2)10-17(7-3-4-8-17)12-20-16-6-5-15(18)9-14(16)11-19/h5-6,9,13,20H,3-4,7-8,10,12H2,1-2H3. The predicted octanol–water partition coefficient (Wildman–Crippen LogP) is 5.34. The first kappa shape index (κ1) is 15.4. The molecule has 1 N–H and O–H groups in total. The van der Waals surface area contributed by atoms with Gasteiger partial charge in [0, 0.05) is 11.0 Å². The Morgan fingerprint density at radius 2 is 2.05 bits per heavy atom. The second-order valence-corrected chi connectivity index (χ2v) is 7.38. The Labute approximate surface area is 130 Å². The molecular formula is C17H23BrN2. The molecule has 1 aliphatic rings. The van der Waals surface area contributed by atoms with Gasteiger partial charge in [0.15, 0.2) is 0 Å². The molecule has 3 heteroatoms. The van der Waals surface area contributed by atoms with Crippen LogP contribution in [-0.4, -0.2) is 6.54 Å². The number of hydrogen-bond donors (Lipinski definition) is 1. The summed E-state index contributed by atoms with van der Waals surface area (Å²) in [5.41, 5.74) is 2.11. The van der Waals surface area contributed by atoms with Gasteiger partial charge in [-0.25, -0.2) is 0 Å². The molecule has 0 heterocycles. The minimum Gasteiger partial charge on any atom is -0.383 e. The van der Waals surface area contributed by atoms with Crippen molar-refractivity contribution < 1.29 is 0 Å². The van der Waals surface area contributed by atoms with Gasteiger partial charge in [-0.15, -0.1) is 0 Å². The highest BCUT2D eigenvalue weighted by Crippen LogP contribution is 2.43. The molecule has 0 atom stereocenters. The summed E-state index contributed by atoms with van der Waals surface area (Å²) < 4.78 is 0.956. The highest BCUT2D eigenvalue weighted by atomic mass is 79.9. The third kappa shape index (κ3) is 3.76. The molecule has 1 fully saturated rings. The van der Waals surface area contributed by atoms with E-state index in [0.29, 0.717) is 5.41 Å². The quantitative estimate of drug-likeness (QED) is 0.788. The average Bonchev–Trinajstić information content (AvgIpc) is 2.85. The maximum atomic E-state index is 9.23. The first-order chi connectivity index (χ1) is 9.54. The Hall–Kier alpha value is -1.01. The van der Waals surface area contributed by atoms with Gasteiger partial charge in [-0.05, 0) is 48.8 Å². The molecule has 0 amide bonds. The zero-order valence-electron chi connectivity index (χ0n) is 12.4. The smallest absolute Gasteiger partial charge is 0.101 e. The van der Waals surface area contributed by atoms with Crippen LogP contribution in [0.2, 0.25) is 0 Å². The van der Waals surface area contributed by atoms with Crippen molar-refractivity contribution in [3.05, 3.63) is 28.2 Å². The normalized spacial score (nSPS) is 17.1. The fourth-order valence-corrected chi connectivity index (χ4v) is 3.85. The number of nitrogens with zero attached hydrogens (tertiary/aromatic N) is 1. The number of anilines is 1. The second kappa shape index (κ2) is 6.63. The van der Waals surface area contributed by atoms with Gasteiger partial charge < -0.3 is 5.32 Å². The van der Waals surface area contributed by atoms with Crippen molar-refractivity contribution in [2.75, 3.05) is 11.9 Å². The van der Waals surface area contributed by atoms with E-state index >= 15 is 0 Å². The number of nitriles is 1. The molecule has 1 aromatic carbocycles. The fraction of sp³-hybridized carbons (Fsp3) is 0.588. The average molecular weight is 335 g/mol. The van der Waals surface area contributed by atoms with Gasteiger partial charge >= 0.3 is 0 Å². The molecule has 0 saturated heterocycles. The molecule has 20 heavy (non-hydrogen) atoms. The summed E-state index contributed by atoms with van der Waals surface area (Å²) in [7, 11) is 0. The van der Waals surface area contributed by atoms with E-state index in [-0.39, 0.29) is 0 Å². The van der Waals surface area contributed by atoms with Crippen molar-refractivity contribution in [3.63, 3.8) is 0 Å². The predicted molar refractivity (Wildman–Crippen MR) is 87.7 cm³/mol. The third-order valence-electron chi connectivity index (χ3n) is 4.26. The molecule has 0 spiro atoms. The van der Waals surface area contributed by atoms with E-state index in [2.05, 4.69) is 41.2 Å². The third-order valence-corrected chi connectivity index (χ3v) is 4.75. The number of benzene rings is 1. The fourth-order valence-electron chi connectivity index (χ4n) is 3.49. The van der Waals surface area contributed by atoms with Gasteiger partial charge in [-0.1, -0.05) is 42.6 Å². The summed E-state index contributed by atoms with van der Waals surface area (Å²) in [6.45, 7) is 5.60. The Morgan fingerprint density at radius 1 is 1.35 bits per heavy atom. The number of nitrogens with one attached hydrogen (secondary N) is 1. The highest BCUT2D eigenvalue weighted by molar-refractivity contribution is 9.10. The minimum absolute atomic E-state index is 0.425. The van der Waals surface area contributed by atoms with Crippen molar-refractivity contribution in [1.82, 2.24) is 0 Å². The summed E-state index contributed by atoms with van der Waals surface area (Å²) in [4.78, 5) is 0. The molecule has 108 valence electrons. The van der Waals surface area contributed by atoms with Gasteiger partial charge in [0.25, 0.3) is 0 Å². The molecule has 0 bridgehead atoms. The van der Waals surface area contributed by atoms with Crippen molar-refractivity contribution >= 4 is 21.6 Å². The van der Waals surface area contributed by atoms with E-state index in [1.807, 2.05) is 18.2 Å². The Bertz CT molecular complexity index is 496. The maximum absolute atomic E-state index is 9.23. The van der Waals surface area contributed by atoms with E-state index in [1.165, 1.54) is 32.1 Å². The lowest BCUT2D eigenvalue weighted by atomic mass is 9.78. The lowest BCUT2D eigenvalue weighted by molar-refractivity contribution is 0.252. The lowest BCUT2D eigenvalue weighted by Gasteiger charge is -2.31. The van der Waals surface area contributed by atoms with Crippen LogP contribution in [0.5, 0.6) is 0 Å². The zero-order chi connectivity index (χ0) is 14.6. The van der Waals surface area contributed by atoms with Crippen molar-refractivity contribution in [2.24, 2.45) is 11.3 Å². The van der Waals surface area contributed by atoms with Gasteiger partial charge in [0.2, 0.25) is 0 Å². The lowest BCUT2D eigenvalue weighted by Crippen LogP contribution is -2.28. The van der Waals surface area contributed by atoms with Crippen LogP contribution in [0.4, 0.5) is 5.69 Å². The van der Waals surface area contributed by atoms with E-state index in [9.17, 15) is 5.26 Å². The summed E-state index contributed by atoms with van der Waals surface area (Å²) in [5, 5.41) is 12.8. The zero-order valence-corrected chi connectivity index (χ0v) is 14.0. The second-order valence-electron chi connectivity index (χ2n) is 6.46. The first-order valence-electron chi connectivity index (χ1n) is 7.48. The molecule has 2 rings (SSSR count). The summed E-state index contributed by atoms with van der Waals surface area (Å²) in [6.07, 6.45) is 6.60. The Kier molecular flexibility index (Phi) is 5.10. The van der Waals surface area contributed by atoms with Gasteiger partial charge in [-0.3, -0.25) is 0 Å². The number of halogens is 1. The maximum Gasteiger partial charge on any atom is 0.101 e. The van der Waals surface area contributed by atoms with Crippen LogP contribution < -0.4 is 5.32 Å². The summed E-state index contributed by atoms with van der Waals surface area (Å²) in [6, 6.07) is 8.15. The molecule has 0 aromatic heterocycles. The molecule has 2 nitrogen and oxygen atoms in total. The van der Waals surface area contributed by atoms with Crippen LogP contribution in [0.3, 0.4) is 0 Å². The first-order valence-corrected chi connectivity index (χ1v) is 8.27. The SMILES string of the molecule is CC(C)CC1(CNc2ccc(Br)cc2C#N)CCCC1. The highest BCUT2D eigenvalue weighted by Gasteiger charge is 2.34. The number of hydrogen-bond acceptors (Lipinski definition) is 2. The van der Waals surface area contributed by atoms with E-state index in [4.69, 9.17) is 0 Å². The van der Waals surface area contributed by atoms with Crippen molar-refractivity contribution in [1.29, 1.82) is 5.26 Å². The molecule has 0 aliphatic heterocycles. The van der Waals surface area contributed by atoms with Crippen molar-refractivity contribution in [3.8, 4) is 6.07 Å². The molecule has 0 radical (unpaired) electrons. The van der Waals surface area contributed by atoms with Gasteiger partial charge in [0.1, 0.15) is 6.07 Å². The number of rotatable bonds is 5. The molecule has 0 unspecified atom stereocenters. The van der Waals surface area contributed by atoms with Crippen LogP contribution in [-0.2, 0) is 0 Å². The van der Waals surface area contributed by atoms with Crippen molar-refractivity contribution in [2.45, 2.75) is 46.0 Å². The summed E-state index contributed by atoms with van der Waals surface area (Å²) >= 11 is 3.42. The van der Waals surface area contributed by atoms with Gasteiger partial charge in [0.05, 0.1) is 11.3 Å². The van der Waals surface area contributed by atoms with Crippen LogP contribution in [0.1, 0.15) is 51.5 Å². The Morgan fingerprint density at radius 3 is 2.65 bits per heavy atom. The molecule has 1 saturated carbocycles. The molecule has 1 aromatic rings. The summed E-state index contributed by atoms with van der Waals surface area (Å²) in [5.74, 6) is 0.732. The van der Waals surface area contributed by atoms with Gasteiger partial charge in [-0.2, -0.15) is 5.26 Å². The van der Waals surface area contributed by atoms with E-state index < -0.39 is 0 Å². The monoisotopic (exact) mass is 334 g/mol. The topological polar surface area (TPSA) is 35.8 Å². The largest absolute Gasteiger partial charge is 0.383 e. The minimum atomic E-state index is 0.425. The van der Waals surface area contributed by atoms with Crippen LogP contribution >= 0.6 is 15.9 Å². The van der Waals surface area contributed by atoms with Crippen LogP contribution in [0, 0.1) is 22.7 Å². The Balaban J connectivity index is 2.08.